The molecule has 2 aromatic rings. The van der Waals surface area contributed by atoms with Crippen LogP contribution in [-0.2, 0) is 22.5 Å². The van der Waals surface area contributed by atoms with Crippen molar-refractivity contribution in [2.75, 3.05) is 12.3 Å². The fourth-order valence-corrected chi connectivity index (χ4v) is 8.43. The number of H-pyrrole nitrogens is 1. The molecule has 4 fully saturated rings. The zero-order valence-corrected chi connectivity index (χ0v) is 20.4. The first-order valence-corrected chi connectivity index (χ1v) is 12.9. The molecule has 2 unspecified atom stereocenters. The number of rotatable bonds is 7. The SMILES string of the molecule is Cc1nc(N)c(C[n+]2csc(CCOC(=O)CC34CC5CC(CC(C)(C5)C3)C4)c2C)c[nH+]1. The monoisotopic (exact) mass is 456 g/mol. The highest BCUT2D eigenvalue weighted by molar-refractivity contribution is 7.09. The molecular weight excluding hydrogens is 420 g/mol. The van der Waals surface area contributed by atoms with E-state index in [0.29, 0.717) is 30.8 Å². The van der Waals surface area contributed by atoms with Crippen LogP contribution in [0.2, 0.25) is 0 Å². The maximum atomic E-state index is 12.8. The van der Waals surface area contributed by atoms with Crippen molar-refractivity contribution in [1.82, 2.24) is 4.98 Å². The normalized spacial score (nSPS) is 30.6. The minimum absolute atomic E-state index is 0.00618. The van der Waals surface area contributed by atoms with Crippen LogP contribution in [0.3, 0.4) is 0 Å². The number of carbonyl (C=O) groups excluding carboxylic acids is 1. The summed E-state index contributed by atoms with van der Waals surface area (Å²) in [7, 11) is 0. The second-order valence-electron chi connectivity index (χ2n) is 11.2. The van der Waals surface area contributed by atoms with E-state index in [1.165, 1.54) is 49.1 Å². The Kier molecular flexibility index (Phi) is 5.51. The lowest BCUT2D eigenvalue weighted by molar-refractivity contribution is -0.690. The van der Waals surface area contributed by atoms with Gasteiger partial charge in [0.1, 0.15) is 11.8 Å². The van der Waals surface area contributed by atoms with Crippen LogP contribution in [0.5, 0.6) is 0 Å². The smallest absolute Gasteiger partial charge is 0.306 e. The lowest BCUT2D eigenvalue weighted by Crippen LogP contribution is -2.51. The van der Waals surface area contributed by atoms with Crippen molar-refractivity contribution in [2.24, 2.45) is 22.7 Å². The number of esters is 1. The number of nitrogens with zero attached hydrogens (tertiary/aromatic N) is 2. The number of ether oxygens (including phenoxy) is 1. The molecule has 0 saturated heterocycles. The van der Waals surface area contributed by atoms with E-state index in [4.69, 9.17) is 10.5 Å². The summed E-state index contributed by atoms with van der Waals surface area (Å²) in [5, 5.41) is 0. The zero-order chi connectivity index (χ0) is 22.5. The van der Waals surface area contributed by atoms with Crippen molar-refractivity contribution in [3.8, 4) is 0 Å². The standard InChI is InChI=1S/C25H35N4O2S/c1-16-21(32-15-29(16)13-20-12-27-17(2)28-23(20)26)4-5-31-22(30)11-25-9-18-6-19(10-25)8-24(3,7-18)14-25/h12,15,18-19H,4-11,13-14H2,1-3H3,(H2,26,27,28)/q+1/p+1. The molecule has 4 bridgehead atoms. The highest BCUT2D eigenvalue weighted by Crippen LogP contribution is 2.66. The Labute approximate surface area is 194 Å². The molecule has 3 N–H and O–H groups in total. The Morgan fingerprint density at radius 1 is 1.31 bits per heavy atom. The number of nitrogen functional groups attached to an aromatic ring is 1. The molecule has 172 valence electrons. The van der Waals surface area contributed by atoms with E-state index in [1.54, 1.807) is 11.3 Å². The Morgan fingerprint density at radius 2 is 2.06 bits per heavy atom. The van der Waals surface area contributed by atoms with Gasteiger partial charge in [-0.05, 0) is 66.2 Å². The van der Waals surface area contributed by atoms with Gasteiger partial charge in [-0.15, -0.1) is 0 Å². The average Bonchev–Trinajstić information content (AvgIpc) is 3.01. The number of anilines is 1. The Hall–Kier alpha value is -2.02. The van der Waals surface area contributed by atoms with Gasteiger partial charge in [-0.25, -0.2) is 4.98 Å². The molecular formula is C25H36N4O2S+2. The minimum Gasteiger partial charge on any atom is -0.465 e. The van der Waals surface area contributed by atoms with Gasteiger partial charge >= 0.3 is 5.97 Å². The quantitative estimate of drug-likeness (QED) is 0.510. The highest BCUT2D eigenvalue weighted by Gasteiger charge is 2.56. The molecule has 0 aliphatic heterocycles. The lowest BCUT2D eigenvalue weighted by atomic mass is 9.44. The minimum atomic E-state index is 0.00618. The third-order valence-corrected chi connectivity index (χ3v) is 9.30. The Balaban J connectivity index is 1.15. The molecule has 7 heteroatoms. The number of nitrogens with one attached hydrogen (secondary N) is 1. The fraction of sp³-hybridized carbons (Fsp3) is 0.680. The van der Waals surface area contributed by atoms with Crippen molar-refractivity contribution in [2.45, 2.75) is 78.7 Å². The van der Waals surface area contributed by atoms with E-state index in [1.807, 2.05) is 13.1 Å². The van der Waals surface area contributed by atoms with Gasteiger partial charge in [-0.1, -0.05) is 18.3 Å². The molecule has 6 rings (SSSR count). The second kappa shape index (κ2) is 8.08. The Morgan fingerprint density at radius 3 is 2.75 bits per heavy atom. The molecule has 2 atom stereocenters. The number of hydrogen-bond donors (Lipinski definition) is 1. The zero-order valence-electron chi connectivity index (χ0n) is 19.6. The molecule has 4 saturated carbocycles. The first-order valence-electron chi connectivity index (χ1n) is 12.0. The summed E-state index contributed by atoms with van der Waals surface area (Å²) in [6.07, 6.45) is 11.2. The lowest BCUT2D eigenvalue weighted by Gasteiger charge is -2.61. The number of hydrogen-bond acceptors (Lipinski definition) is 5. The molecule has 0 radical (unpaired) electrons. The summed E-state index contributed by atoms with van der Waals surface area (Å²) < 4.78 is 7.95. The molecule has 32 heavy (non-hydrogen) atoms. The Bertz CT molecular complexity index is 1020. The summed E-state index contributed by atoms with van der Waals surface area (Å²) in [6, 6.07) is 0. The van der Waals surface area contributed by atoms with Crippen molar-refractivity contribution >= 4 is 23.1 Å². The van der Waals surface area contributed by atoms with E-state index in [-0.39, 0.29) is 11.4 Å². The first-order chi connectivity index (χ1) is 15.2. The average molecular weight is 457 g/mol. The summed E-state index contributed by atoms with van der Waals surface area (Å²) in [4.78, 5) is 21.5. The van der Waals surface area contributed by atoms with E-state index < -0.39 is 0 Å². The van der Waals surface area contributed by atoms with Crippen LogP contribution in [0.4, 0.5) is 5.82 Å². The maximum Gasteiger partial charge on any atom is 0.306 e. The molecule has 2 heterocycles. The van der Waals surface area contributed by atoms with Crippen LogP contribution in [0.15, 0.2) is 11.7 Å². The molecule has 4 aliphatic rings. The third kappa shape index (κ3) is 4.28. The maximum absolute atomic E-state index is 12.8. The summed E-state index contributed by atoms with van der Waals surface area (Å²) >= 11 is 1.71. The number of aromatic nitrogens is 3. The summed E-state index contributed by atoms with van der Waals surface area (Å²) in [5.74, 6) is 3.06. The van der Waals surface area contributed by atoms with Gasteiger partial charge in [-0.2, -0.15) is 4.57 Å². The van der Waals surface area contributed by atoms with E-state index in [9.17, 15) is 4.79 Å². The van der Waals surface area contributed by atoms with Crippen LogP contribution in [0.1, 0.15) is 73.8 Å². The van der Waals surface area contributed by atoms with Crippen molar-refractivity contribution < 1.29 is 19.1 Å². The number of carbonyl (C=O) groups is 1. The highest BCUT2D eigenvalue weighted by atomic mass is 32.1. The van der Waals surface area contributed by atoms with Crippen molar-refractivity contribution in [3.63, 3.8) is 0 Å². The van der Waals surface area contributed by atoms with Gasteiger partial charge in [0, 0.05) is 20.3 Å². The number of thiazole rings is 1. The number of nitrogens with two attached hydrogens (primary N) is 1. The second-order valence-corrected chi connectivity index (χ2v) is 12.1. The number of aromatic amines is 1. The predicted molar refractivity (Wildman–Crippen MR) is 123 cm³/mol. The first kappa shape index (κ1) is 21.8. The van der Waals surface area contributed by atoms with Crippen molar-refractivity contribution in [1.29, 1.82) is 0 Å². The van der Waals surface area contributed by atoms with Crippen LogP contribution in [0.25, 0.3) is 0 Å². The molecule has 0 amide bonds. The number of aryl methyl sites for hydroxylation is 1. The van der Waals surface area contributed by atoms with E-state index >= 15 is 0 Å². The summed E-state index contributed by atoms with van der Waals surface area (Å²) in [6.45, 7) is 7.61. The largest absolute Gasteiger partial charge is 0.465 e. The van der Waals surface area contributed by atoms with Gasteiger partial charge in [-0.3, -0.25) is 4.79 Å². The van der Waals surface area contributed by atoms with E-state index in [2.05, 4.69) is 33.9 Å². The van der Waals surface area contributed by atoms with Gasteiger partial charge in [0.05, 0.1) is 17.9 Å². The van der Waals surface area contributed by atoms with Gasteiger partial charge in [0.2, 0.25) is 5.51 Å². The summed E-state index contributed by atoms with van der Waals surface area (Å²) in [5.41, 5.74) is 11.0. The van der Waals surface area contributed by atoms with Gasteiger partial charge < -0.3 is 10.5 Å². The third-order valence-electron chi connectivity index (χ3n) is 8.16. The van der Waals surface area contributed by atoms with Crippen LogP contribution in [0, 0.1) is 36.5 Å². The predicted octanol–water partition coefficient (Wildman–Crippen LogP) is 3.57. The van der Waals surface area contributed by atoms with Crippen LogP contribution in [-0.4, -0.2) is 17.6 Å². The van der Waals surface area contributed by atoms with Gasteiger partial charge in [0.15, 0.2) is 12.2 Å². The molecule has 0 spiro atoms. The van der Waals surface area contributed by atoms with Crippen LogP contribution < -0.4 is 15.3 Å². The van der Waals surface area contributed by atoms with Crippen molar-refractivity contribution in [3.05, 3.63) is 33.7 Å². The van der Waals surface area contributed by atoms with Crippen LogP contribution >= 0.6 is 11.3 Å². The topological polar surface area (TPSA) is 83.2 Å². The fourth-order valence-electron chi connectivity index (χ4n) is 7.46. The molecule has 0 aromatic carbocycles. The van der Waals surface area contributed by atoms with E-state index in [0.717, 1.165) is 29.6 Å². The molecule has 2 aromatic heterocycles. The molecule has 6 nitrogen and oxygen atoms in total. The van der Waals surface area contributed by atoms with Gasteiger partial charge in [0.25, 0.3) is 11.6 Å². The molecule has 4 aliphatic carbocycles.